The molecule has 0 radical (unpaired) electrons. The number of halogens is 2. The van der Waals surface area contributed by atoms with E-state index in [4.69, 9.17) is 4.74 Å². The summed E-state index contributed by atoms with van der Waals surface area (Å²) >= 11 is 0. The molecule has 1 fully saturated rings. The van der Waals surface area contributed by atoms with Crippen LogP contribution in [0.5, 0.6) is 0 Å². The number of aromatic nitrogens is 1. The molecule has 1 aromatic rings. The van der Waals surface area contributed by atoms with E-state index < -0.39 is 18.1 Å². The quantitative estimate of drug-likeness (QED) is 0.836. The summed E-state index contributed by atoms with van der Waals surface area (Å²) in [5, 5.41) is 0. The number of nitrogens with zero attached hydrogens (tertiary/aromatic N) is 2. The first kappa shape index (κ1) is 14.7. The number of amides is 1. The van der Waals surface area contributed by atoms with Gasteiger partial charge in [0.25, 0.3) is 6.43 Å². The lowest BCUT2D eigenvalue weighted by atomic mass is 9.90. The molecule has 0 aromatic carbocycles. The van der Waals surface area contributed by atoms with Crippen LogP contribution in [0.1, 0.15) is 44.4 Å². The van der Waals surface area contributed by atoms with Crippen molar-refractivity contribution < 1.29 is 18.3 Å². The number of likely N-dealkylation sites (tertiary alicyclic amines) is 1. The largest absolute Gasteiger partial charge is 0.444 e. The summed E-state index contributed by atoms with van der Waals surface area (Å²) < 4.78 is 30.9. The first-order chi connectivity index (χ1) is 9.28. The highest BCUT2D eigenvalue weighted by Crippen LogP contribution is 2.33. The van der Waals surface area contributed by atoms with E-state index in [0.29, 0.717) is 18.7 Å². The minimum Gasteiger partial charge on any atom is -0.444 e. The maximum absolute atomic E-state index is 12.9. The van der Waals surface area contributed by atoms with Crippen molar-refractivity contribution in [2.24, 2.45) is 0 Å². The van der Waals surface area contributed by atoms with Crippen LogP contribution in [-0.4, -0.2) is 34.7 Å². The number of ether oxygens (including phenoxy) is 1. The van der Waals surface area contributed by atoms with Gasteiger partial charge in [0, 0.05) is 25.2 Å². The summed E-state index contributed by atoms with van der Waals surface area (Å²) in [6, 6.07) is 3.28. The number of carbonyl (C=O) groups is 1. The van der Waals surface area contributed by atoms with Gasteiger partial charge in [0.15, 0.2) is 0 Å². The lowest BCUT2D eigenvalue weighted by molar-refractivity contribution is 0.00784. The molecule has 0 bridgehead atoms. The Morgan fingerprint density at radius 2 is 2.10 bits per heavy atom. The van der Waals surface area contributed by atoms with Gasteiger partial charge in [0.1, 0.15) is 11.3 Å². The first-order valence-corrected chi connectivity index (χ1v) is 6.49. The summed E-state index contributed by atoms with van der Waals surface area (Å²) in [4.78, 5) is 17.0. The fourth-order valence-electron chi connectivity index (χ4n) is 2.11. The van der Waals surface area contributed by atoms with E-state index in [2.05, 4.69) is 4.98 Å². The fraction of sp³-hybridized carbons (Fsp3) is 0.571. The van der Waals surface area contributed by atoms with Gasteiger partial charge in [-0.15, -0.1) is 0 Å². The van der Waals surface area contributed by atoms with Crippen LogP contribution in [0.15, 0.2) is 18.3 Å². The van der Waals surface area contributed by atoms with Crippen LogP contribution in [0.25, 0.3) is 0 Å². The predicted molar refractivity (Wildman–Crippen MR) is 69.7 cm³/mol. The first-order valence-electron chi connectivity index (χ1n) is 6.49. The molecule has 0 atom stereocenters. The van der Waals surface area contributed by atoms with Crippen molar-refractivity contribution >= 4 is 6.09 Å². The van der Waals surface area contributed by atoms with Gasteiger partial charge < -0.3 is 9.64 Å². The van der Waals surface area contributed by atoms with Crippen LogP contribution in [0.4, 0.5) is 13.6 Å². The average molecular weight is 284 g/mol. The molecule has 0 saturated carbocycles. The molecule has 2 rings (SSSR count). The Kier molecular flexibility index (Phi) is 3.92. The van der Waals surface area contributed by atoms with Gasteiger partial charge in [0.05, 0.1) is 0 Å². The Bertz CT molecular complexity index is 494. The highest BCUT2D eigenvalue weighted by Gasteiger charge is 2.36. The van der Waals surface area contributed by atoms with Crippen LogP contribution in [0.3, 0.4) is 0 Å². The number of alkyl halides is 2. The predicted octanol–water partition coefficient (Wildman–Crippen LogP) is 3.35. The van der Waals surface area contributed by atoms with Crippen molar-refractivity contribution in [1.29, 1.82) is 0 Å². The molecule has 6 heteroatoms. The average Bonchev–Trinajstić information content (AvgIpc) is 2.24. The van der Waals surface area contributed by atoms with Gasteiger partial charge in [-0.3, -0.25) is 4.98 Å². The molecule has 0 N–H and O–H groups in total. The molecule has 0 unspecified atom stereocenters. The Morgan fingerprint density at radius 3 is 2.65 bits per heavy atom. The monoisotopic (exact) mass is 284 g/mol. The van der Waals surface area contributed by atoms with E-state index in [-0.39, 0.29) is 11.6 Å². The molecule has 1 aromatic heterocycles. The van der Waals surface area contributed by atoms with E-state index in [1.165, 1.54) is 11.1 Å². The van der Waals surface area contributed by atoms with Crippen molar-refractivity contribution in [1.82, 2.24) is 9.88 Å². The van der Waals surface area contributed by atoms with Gasteiger partial charge in [-0.25, -0.2) is 13.6 Å². The third-order valence-corrected chi connectivity index (χ3v) is 3.05. The Balaban J connectivity index is 1.99. The van der Waals surface area contributed by atoms with E-state index in [9.17, 15) is 13.6 Å². The molecule has 0 spiro atoms. The van der Waals surface area contributed by atoms with E-state index in [0.717, 1.165) is 0 Å². The molecular formula is C14H18F2N2O2. The highest BCUT2D eigenvalue weighted by atomic mass is 19.3. The Hall–Kier alpha value is -1.72. The second-order valence-electron chi connectivity index (χ2n) is 5.86. The summed E-state index contributed by atoms with van der Waals surface area (Å²) in [6.07, 6.45) is -1.65. The van der Waals surface area contributed by atoms with E-state index in [1.54, 1.807) is 32.9 Å². The topological polar surface area (TPSA) is 42.4 Å². The van der Waals surface area contributed by atoms with Gasteiger partial charge in [0.2, 0.25) is 0 Å². The number of hydrogen-bond donors (Lipinski definition) is 0. The maximum atomic E-state index is 12.9. The standard InChI is InChI=1S/C14H18F2N2O2/c1-14(2,3)20-13(19)18-7-9(8-18)10-5-4-6-17-11(10)12(15)16/h4-6,9,12H,7-8H2,1-3H3. The van der Waals surface area contributed by atoms with Crippen molar-refractivity contribution in [3.05, 3.63) is 29.6 Å². The molecule has 1 saturated heterocycles. The molecule has 2 heterocycles. The fourth-order valence-corrected chi connectivity index (χ4v) is 2.11. The number of hydrogen-bond acceptors (Lipinski definition) is 3. The zero-order valence-corrected chi connectivity index (χ0v) is 11.8. The van der Waals surface area contributed by atoms with E-state index in [1.807, 2.05) is 0 Å². The molecule has 1 amide bonds. The minimum absolute atomic E-state index is 0.0970. The van der Waals surface area contributed by atoms with Crippen LogP contribution >= 0.6 is 0 Å². The smallest absolute Gasteiger partial charge is 0.410 e. The van der Waals surface area contributed by atoms with Gasteiger partial charge in [-0.2, -0.15) is 0 Å². The number of carbonyl (C=O) groups excluding carboxylic acids is 1. The number of pyridine rings is 1. The molecule has 4 nitrogen and oxygen atoms in total. The zero-order valence-electron chi connectivity index (χ0n) is 11.8. The van der Waals surface area contributed by atoms with Gasteiger partial charge in [-0.05, 0) is 32.4 Å². The van der Waals surface area contributed by atoms with E-state index >= 15 is 0 Å². The minimum atomic E-state index is -2.60. The third kappa shape index (κ3) is 3.23. The van der Waals surface area contributed by atoms with Crippen LogP contribution in [0.2, 0.25) is 0 Å². The second-order valence-corrected chi connectivity index (χ2v) is 5.86. The van der Waals surface area contributed by atoms with Crippen LogP contribution in [0, 0.1) is 0 Å². The molecule has 1 aliphatic rings. The summed E-state index contributed by atoms with van der Waals surface area (Å²) in [5.41, 5.74) is -0.228. The summed E-state index contributed by atoms with van der Waals surface area (Å²) in [7, 11) is 0. The highest BCUT2D eigenvalue weighted by molar-refractivity contribution is 5.69. The Labute approximate surface area is 116 Å². The number of rotatable bonds is 2. The van der Waals surface area contributed by atoms with Crippen molar-refractivity contribution in [2.75, 3.05) is 13.1 Å². The Morgan fingerprint density at radius 1 is 1.45 bits per heavy atom. The molecule has 1 aliphatic heterocycles. The molecule has 20 heavy (non-hydrogen) atoms. The summed E-state index contributed by atoms with van der Waals surface area (Å²) in [5.74, 6) is -0.0970. The zero-order chi connectivity index (χ0) is 14.9. The third-order valence-electron chi connectivity index (χ3n) is 3.05. The van der Waals surface area contributed by atoms with Crippen molar-refractivity contribution in [3.63, 3.8) is 0 Å². The normalized spacial score (nSPS) is 16.2. The lowest BCUT2D eigenvalue weighted by Gasteiger charge is -2.40. The lowest BCUT2D eigenvalue weighted by Crippen LogP contribution is -2.50. The van der Waals surface area contributed by atoms with Crippen molar-refractivity contribution in [3.8, 4) is 0 Å². The van der Waals surface area contributed by atoms with Gasteiger partial charge in [-0.1, -0.05) is 6.07 Å². The summed E-state index contributed by atoms with van der Waals surface area (Å²) in [6.45, 7) is 6.15. The SMILES string of the molecule is CC(C)(C)OC(=O)N1CC(c2cccnc2C(F)F)C1. The molecular weight excluding hydrogens is 266 g/mol. The maximum Gasteiger partial charge on any atom is 0.410 e. The molecule has 110 valence electrons. The van der Waals surface area contributed by atoms with Crippen LogP contribution < -0.4 is 0 Å². The van der Waals surface area contributed by atoms with Gasteiger partial charge >= 0.3 is 6.09 Å². The van der Waals surface area contributed by atoms with Crippen LogP contribution in [-0.2, 0) is 4.74 Å². The second kappa shape index (κ2) is 5.34. The molecule has 0 aliphatic carbocycles. The van der Waals surface area contributed by atoms with Crippen molar-refractivity contribution in [2.45, 2.75) is 38.7 Å².